The Balaban J connectivity index is 2.20. The SMILES string of the molecule is C=C1C(=O)C[C@H]2[C@@H](C[C@H]1C)C2(C)C. The van der Waals surface area contributed by atoms with Crippen molar-refractivity contribution in [3.8, 4) is 0 Å². The van der Waals surface area contributed by atoms with E-state index >= 15 is 0 Å². The predicted octanol–water partition coefficient (Wildman–Crippen LogP) is 2.81. The number of carbonyl (C=O) groups excluding carboxylic acids is 1. The molecule has 0 heterocycles. The lowest BCUT2D eigenvalue weighted by atomic mass is 9.90. The molecule has 0 bridgehead atoms. The number of ketones is 1. The third kappa shape index (κ3) is 1.17. The van der Waals surface area contributed by atoms with Gasteiger partial charge in [-0.1, -0.05) is 27.4 Å². The molecule has 0 aliphatic heterocycles. The fourth-order valence-electron chi connectivity index (χ4n) is 2.86. The van der Waals surface area contributed by atoms with Gasteiger partial charge in [0.2, 0.25) is 0 Å². The molecule has 2 saturated carbocycles. The highest BCUT2D eigenvalue weighted by Gasteiger charge is 2.59. The Hall–Kier alpha value is -0.590. The van der Waals surface area contributed by atoms with Crippen LogP contribution in [0.3, 0.4) is 0 Å². The van der Waals surface area contributed by atoms with Crippen molar-refractivity contribution in [1.29, 1.82) is 0 Å². The molecule has 0 saturated heterocycles. The van der Waals surface area contributed by atoms with Gasteiger partial charge in [0.1, 0.15) is 0 Å². The van der Waals surface area contributed by atoms with Gasteiger partial charge in [0, 0.05) is 6.42 Å². The van der Waals surface area contributed by atoms with E-state index in [0.29, 0.717) is 23.0 Å². The van der Waals surface area contributed by atoms with E-state index in [4.69, 9.17) is 0 Å². The smallest absolute Gasteiger partial charge is 0.158 e. The van der Waals surface area contributed by atoms with Crippen molar-refractivity contribution in [3.63, 3.8) is 0 Å². The van der Waals surface area contributed by atoms with Crippen molar-refractivity contribution in [1.82, 2.24) is 0 Å². The van der Waals surface area contributed by atoms with E-state index in [2.05, 4.69) is 27.4 Å². The molecule has 72 valence electrons. The lowest BCUT2D eigenvalue weighted by Crippen LogP contribution is -2.11. The Morgan fingerprint density at radius 1 is 1.38 bits per heavy atom. The topological polar surface area (TPSA) is 17.1 Å². The highest BCUT2D eigenvalue weighted by atomic mass is 16.1. The molecular weight excluding hydrogens is 160 g/mol. The van der Waals surface area contributed by atoms with Crippen LogP contribution in [0.1, 0.15) is 33.6 Å². The molecule has 2 rings (SSSR count). The van der Waals surface area contributed by atoms with Gasteiger partial charge in [0.25, 0.3) is 0 Å². The maximum atomic E-state index is 11.6. The molecule has 1 nitrogen and oxygen atoms in total. The molecule has 0 amide bonds. The first-order chi connectivity index (χ1) is 5.94. The highest BCUT2D eigenvalue weighted by molar-refractivity contribution is 5.96. The van der Waals surface area contributed by atoms with Crippen LogP contribution in [0.25, 0.3) is 0 Å². The normalized spacial score (nSPS) is 42.5. The van der Waals surface area contributed by atoms with Crippen molar-refractivity contribution in [3.05, 3.63) is 12.2 Å². The first-order valence-electron chi connectivity index (χ1n) is 5.16. The molecule has 2 fully saturated rings. The average molecular weight is 178 g/mol. The lowest BCUT2D eigenvalue weighted by Gasteiger charge is -2.13. The third-order valence-corrected chi connectivity index (χ3v) is 4.25. The first-order valence-corrected chi connectivity index (χ1v) is 5.16. The fraction of sp³-hybridized carbons (Fsp3) is 0.750. The molecule has 0 unspecified atom stereocenters. The molecule has 0 aromatic rings. The Morgan fingerprint density at radius 2 is 2.00 bits per heavy atom. The second-order valence-electron chi connectivity index (χ2n) is 5.32. The van der Waals surface area contributed by atoms with Gasteiger partial charge >= 0.3 is 0 Å². The molecule has 2 aliphatic rings. The summed E-state index contributed by atoms with van der Waals surface area (Å²) in [5.74, 6) is 2.13. The largest absolute Gasteiger partial charge is 0.295 e. The summed E-state index contributed by atoms with van der Waals surface area (Å²) in [5.41, 5.74) is 1.29. The average Bonchev–Trinajstić information content (AvgIpc) is 2.56. The molecule has 13 heavy (non-hydrogen) atoms. The number of hydrogen-bond acceptors (Lipinski definition) is 1. The second-order valence-corrected chi connectivity index (χ2v) is 5.32. The number of rotatable bonds is 0. The van der Waals surface area contributed by atoms with Crippen LogP contribution in [0.5, 0.6) is 0 Å². The molecule has 0 aromatic carbocycles. The van der Waals surface area contributed by atoms with Gasteiger partial charge < -0.3 is 0 Å². The van der Waals surface area contributed by atoms with Gasteiger partial charge in [-0.2, -0.15) is 0 Å². The third-order valence-electron chi connectivity index (χ3n) is 4.25. The summed E-state index contributed by atoms with van der Waals surface area (Å²) in [7, 11) is 0. The van der Waals surface area contributed by atoms with Gasteiger partial charge in [0.05, 0.1) is 0 Å². The summed E-state index contributed by atoms with van der Waals surface area (Å²) < 4.78 is 0. The van der Waals surface area contributed by atoms with Crippen LogP contribution < -0.4 is 0 Å². The quantitative estimate of drug-likeness (QED) is 0.521. The van der Waals surface area contributed by atoms with E-state index < -0.39 is 0 Å². The van der Waals surface area contributed by atoms with E-state index in [1.54, 1.807) is 0 Å². The van der Waals surface area contributed by atoms with Crippen LogP contribution in [0.4, 0.5) is 0 Å². The van der Waals surface area contributed by atoms with Crippen molar-refractivity contribution < 1.29 is 4.79 Å². The standard InChI is InChI=1S/C12H18O/c1-7-5-9-10(12(9,3)4)6-11(13)8(7)2/h7,9-10H,2,5-6H2,1,3-4H3/t7-,9-,10+/m1/s1. The van der Waals surface area contributed by atoms with Crippen LogP contribution in [0, 0.1) is 23.2 Å². The zero-order chi connectivity index (χ0) is 9.80. The number of allylic oxidation sites excluding steroid dienone is 1. The van der Waals surface area contributed by atoms with Gasteiger partial charge in [-0.25, -0.2) is 0 Å². The molecule has 2 aliphatic carbocycles. The summed E-state index contributed by atoms with van der Waals surface area (Å²) in [6.07, 6.45) is 1.92. The zero-order valence-corrected chi connectivity index (χ0v) is 8.76. The minimum absolute atomic E-state index is 0.311. The van der Waals surface area contributed by atoms with Crippen molar-refractivity contribution in [2.24, 2.45) is 23.2 Å². The molecule has 1 heteroatoms. The van der Waals surface area contributed by atoms with Crippen LogP contribution in [0.15, 0.2) is 12.2 Å². The van der Waals surface area contributed by atoms with E-state index in [9.17, 15) is 4.79 Å². The van der Waals surface area contributed by atoms with Gasteiger partial charge in [0.15, 0.2) is 5.78 Å². The second kappa shape index (κ2) is 2.46. The zero-order valence-electron chi connectivity index (χ0n) is 8.76. The summed E-state index contributed by atoms with van der Waals surface area (Å²) in [5, 5.41) is 0. The molecule has 0 spiro atoms. The summed E-state index contributed by atoms with van der Waals surface area (Å²) in [4.78, 5) is 11.6. The van der Waals surface area contributed by atoms with Crippen LogP contribution in [-0.2, 0) is 4.79 Å². The molecule has 0 aromatic heterocycles. The summed E-state index contributed by atoms with van der Waals surface area (Å²) >= 11 is 0. The van der Waals surface area contributed by atoms with E-state index in [1.165, 1.54) is 6.42 Å². The van der Waals surface area contributed by atoms with Crippen LogP contribution in [-0.4, -0.2) is 5.78 Å². The van der Waals surface area contributed by atoms with E-state index in [1.807, 2.05) is 0 Å². The van der Waals surface area contributed by atoms with Crippen molar-refractivity contribution in [2.45, 2.75) is 33.6 Å². The fourth-order valence-corrected chi connectivity index (χ4v) is 2.86. The predicted molar refractivity (Wildman–Crippen MR) is 53.3 cm³/mol. The maximum Gasteiger partial charge on any atom is 0.158 e. The van der Waals surface area contributed by atoms with Crippen molar-refractivity contribution >= 4 is 5.78 Å². The number of Topliss-reactive ketones (excluding diaryl/α,β-unsaturated/α-hetero) is 1. The Kier molecular flexibility index (Phi) is 1.70. The Labute approximate surface area is 80.2 Å². The number of carbonyl (C=O) groups is 1. The van der Waals surface area contributed by atoms with Gasteiger partial charge in [-0.15, -0.1) is 0 Å². The van der Waals surface area contributed by atoms with Crippen molar-refractivity contribution in [2.75, 3.05) is 0 Å². The van der Waals surface area contributed by atoms with Gasteiger partial charge in [-0.3, -0.25) is 4.79 Å². The molecule has 0 radical (unpaired) electrons. The van der Waals surface area contributed by atoms with Gasteiger partial charge in [-0.05, 0) is 35.2 Å². The minimum atomic E-state index is 0.311. The lowest BCUT2D eigenvalue weighted by molar-refractivity contribution is -0.116. The van der Waals surface area contributed by atoms with Crippen LogP contribution in [0.2, 0.25) is 0 Å². The first kappa shape index (κ1) is 8.98. The monoisotopic (exact) mass is 178 g/mol. The highest BCUT2D eigenvalue weighted by Crippen LogP contribution is 2.64. The number of fused-ring (bicyclic) bond motifs is 1. The molecular formula is C12H18O. The summed E-state index contributed by atoms with van der Waals surface area (Å²) in [6, 6.07) is 0. The number of hydrogen-bond donors (Lipinski definition) is 0. The minimum Gasteiger partial charge on any atom is -0.295 e. The molecule has 0 N–H and O–H groups in total. The van der Waals surface area contributed by atoms with E-state index in [-0.39, 0.29) is 0 Å². The molecule has 3 atom stereocenters. The van der Waals surface area contributed by atoms with E-state index in [0.717, 1.165) is 17.9 Å². The maximum absolute atomic E-state index is 11.6. The Morgan fingerprint density at radius 3 is 2.62 bits per heavy atom. The Bertz CT molecular complexity index is 275. The van der Waals surface area contributed by atoms with Crippen LogP contribution >= 0.6 is 0 Å². The summed E-state index contributed by atoms with van der Waals surface area (Å²) in [6.45, 7) is 10.6.